The molecule has 1 aromatic rings. The highest BCUT2D eigenvalue weighted by molar-refractivity contribution is 5.72. The molecule has 1 aliphatic rings. The predicted molar refractivity (Wildman–Crippen MR) is 65.2 cm³/mol. The topological polar surface area (TPSA) is 58.6 Å². The molecule has 5 heteroatoms. The zero-order chi connectivity index (χ0) is 13.1. The number of carboxylic acids is 1. The van der Waals surface area contributed by atoms with Crippen LogP contribution in [0.4, 0.5) is 10.1 Å². The summed E-state index contributed by atoms with van der Waals surface area (Å²) in [4.78, 5) is 10.7. The van der Waals surface area contributed by atoms with Gasteiger partial charge >= 0.3 is 5.97 Å². The van der Waals surface area contributed by atoms with E-state index in [1.165, 1.54) is 12.1 Å². The molecular weight excluding hydrogens is 237 g/mol. The molecular formula is C13H16FNO3. The van der Waals surface area contributed by atoms with Crippen molar-refractivity contribution in [2.24, 2.45) is 0 Å². The average molecular weight is 253 g/mol. The first-order valence-corrected chi connectivity index (χ1v) is 5.94. The molecule has 2 atom stereocenters. The summed E-state index contributed by atoms with van der Waals surface area (Å²) in [7, 11) is 0. The monoisotopic (exact) mass is 253 g/mol. The van der Waals surface area contributed by atoms with Gasteiger partial charge in [0.15, 0.2) is 6.10 Å². The van der Waals surface area contributed by atoms with E-state index < -0.39 is 12.1 Å². The highest BCUT2D eigenvalue weighted by atomic mass is 19.1. The lowest BCUT2D eigenvalue weighted by Crippen LogP contribution is -2.24. The molecule has 18 heavy (non-hydrogen) atoms. The number of anilines is 1. The summed E-state index contributed by atoms with van der Waals surface area (Å²) in [6.07, 6.45) is 0.482. The van der Waals surface area contributed by atoms with Gasteiger partial charge in [-0.1, -0.05) is 0 Å². The van der Waals surface area contributed by atoms with Crippen LogP contribution in [-0.4, -0.2) is 29.8 Å². The molecule has 2 rings (SSSR count). The van der Waals surface area contributed by atoms with E-state index in [0.717, 1.165) is 17.7 Å². The average Bonchev–Trinajstić information content (AvgIpc) is 2.76. The lowest BCUT2D eigenvalue weighted by atomic mass is 10.1. The van der Waals surface area contributed by atoms with Crippen LogP contribution in [0, 0.1) is 12.7 Å². The van der Waals surface area contributed by atoms with Gasteiger partial charge in [-0.3, -0.25) is 0 Å². The van der Waals surface area contributed by atoms with E-state index in [2.05, 4.69) is 5.32 Å². The van der Waals surface area contributed by atoms with E-state index in [1.54, 1.807) is 6.07 Å². The second-order valence-electron chi connectivity index (χ2n) is 4.50. The van der Waals surface area contributed by atoms with Gasteiger partial charge in [0.25, 0.3) is 0 Å². The van der Waals surface area contributed by atoms with Crippen molar-refractivity contribution in [3.05, 3.63) is 29.6 Å². The molecule has 0 aliphatic carbocycles. The standard InChI is InChI=1S/C13H16FNO3/c1-8-6-9(14)2-4-11(8)15-7-10-3-5-12(18-10)13(16)17/h2,4,6,10,12,15H,3,5,7H2,1H3,(H,16,17). The number of rotatable bonds is 4. The van der Waals surface area contributed by atoms with Crippen LogP contribution in [0.3, 0.4) is 0 Å². The summed E-state index contributed by atoms with van der Waals surface area (Å²) < 4.78 is 18.3. The van der Waals surface area contributed by atoms with Crippen molar-refractivity contribution in [1.82, 2.24) is 0 Å². The van der Waals surface area contributed by atoms with Crippen LogP contribution in [-0.2, 0) is 9.53 Å². The summed E-state index contributed by atoms with van der Waals surface area (Å²) in [6, 6.07) is 4.52. The van der Waals surface area contributed by atoms with Crippen molar-refractivity contribution in [1.29, 1.82) is 0 Å². The first kappa shape index (κ1) is 12.8. The smallest absolute Gasteiger partial charge is 0.332 e. The van der Waals surface area contributed by atoms with Crippen LogP contribution >= 0.6 is 0 Å². The van der Waals surface area contributed by atoms with Crippen molar-refractivity contribution in [2.75, 3.05) is 11.9 Å². The zero-order valence-electron chi connectivity index (χ0n) is 10.1. The lowest BCUT2D eigenvalue weighted by molar-refractivity contribution is -0.149. The Kier molecular flexibility index (Phi) is 3.81. The third kappa shape index (κ3) is 2.98. The number of nitrogens with one attached hydrogen (secondary N) is 1. The van der Waals surface area contributed by atoms with Gasteiger partial charge in [0, 0.05) is 12.2 Å². The van der Waals surface area contributed by atoms with Crippen LogP contribution < -0.4 is 5.32 Å². The summed E-state index contributed by atoms with van der Waals surface area (Å²) in [5, 5.41) is 12.0. The number of carboxylic acid groups (broad SMARTS) is 1. The normalized spacial score (nSPS) is 23.0. The largest absolute Gasteiger partial charge is 0.479 e. The van der Waals surface area contributed by atoms with Crippen molar-refractivity contribution in [3.8, 4) is 0 Å². The van der Waals surface area contributed by atoms with Gasteiger partial charge in [-0.2, -0.15) is 0 Å². The number of ether oxygens (including phenoxy) is 1. The highest BCUT2D eigenvalue weighted by Gasteiger charge is 2.30. The Balaban J connectivity index is 1.87. The van der Waals surface area contributed by atoms with Gasteiger partial charge in [-0.25, -0.2) is 9.18 Å². The molecule has 4 nitrogen and oxygen atoms in total. The zero-order valence-corrected chi connectivity index (χ0v) is 10.1. The van der Waals surface area contributed by atoms with E-state index >= 15 is 0 Å². The van der Waals surface area contributed by atoms with Crippen molar-refractivity contribution in [3.63, 3.8) is 0 Å². The lowest BCUT2D eigenvalue weighted by Gasteiger charge is -2.14. The minimum Gasteiger partial charge on any atom is -0.479 e. The molecule has 1 aromatic carbocycles. The molecule has 2 N–H and O–H groups in total. The van der Waals surface area contributed by atoms with Crippen molar-refractivity contribution in [2.45, 2.75) is 32.0 Å². The van der Waals surface area contributed by atoms with E-state index in [-0.39, 0.29) is 11.9 Å². The van der Waals surface area contributed by atoms with Crippen LogP contribution in [0.25, 0.3) is 0 Å². The molecule has 2 unspecified atom stereocenters. The Bertz CT molecular complexity index is 450. The van der Waals surface area contributed by atoms with Crippen LogP contribution in [0.5, 0.6) is 0 Å². The van der Waals surface area contributed by atoms with Gasteiger partial charge < -0.3 is 15.2 Å². The van der Waals surface area contributed by atoms with Gasteiger partial charge in [0.1, 0.15) is 5.82 Å². The van der Waals surface area contributed by atoms with Crippen LogP contribution in [0.1, 0.15) is 18.4 Å². The Morgan fingerprint density at radius 2 is 2.33 bits per heavy atom. The molecule has 0 bridgehead atoms. The molecule has 1 aliphatic heterocycles. The number of halogens is 1. The van der Waals surface area contributed by atoms with Crippen LogP contribution in [0.2, 0.25) is 0 Å². The van der Waals surface area contributed by atoms with Crippen molar-refractivity contribution < 1.29 is 19.0 Å². The molecule has 1 heterocycles. The summed E-state index contributed by atoms with van der Waals surface area (Å²) in [5.41, 5.74) is 1.67. The Hall–Kier alpha value is -1.62. The molecule has 98 valence electrons. The number of aliphatic carboxylic acids is 1. The third-order valence-electron chi connectivity index (χ3n) is 3.09. The maximum absolute atomic E-state index is 12.9. The minimum absolute atomic E-state index is 0.101. The molecule has 0 saturated carbocycles. The van der Waals surface area contributed by atoms with E-state index in [4.69, 9.17) is 9.84 Å². The quantitative estimate of drug-likeness (QED) is 0.863. The molecule has 1 saturated heterocycles. The highest BCUT2D eigenvalue weighted by Crippen LogP contribution is 2.21. The molecule has 0 aromatic heterocycles. The number of hydrogen-bond donors (Lipinski definition) is 2. The Morgan fingerprint density at radius 3 is 2.94 bits per heavy atom. The Morgan fingerprint density at radius 1 is 1.56 bits per heavy atom. The summed E-state index contributed by atoms with van der Waals surface area (Å²) in [6.45, 7) is 2.36. The maximum Gasteiger partial charge on any atom is 0.332 e. The number of aryl methyl sites for hydroxylation is 1. The van der Waals surface area contributed by atoms with Crippen LogP contribution in [0.15, 0.2) is 18.2 Å². The fourth-order valence-corrected chi connectivity index (χ4v) is 2.09. The van der Waals surface area contributed by atoms with Gasteiger partial charge in [-0.15, -0.1) is 0 Å². The second kappa shape index (κ2) is 5.35. The fourth-order valence-electron chi connectivity index (χ4n) is 2.09. The molecule has 1 fully saturated rings. The first-order valence-electron chi connectivity index (χ1n) is 5.94. The minimum atomic E-state index is -0.907. The molecule has 0 amide bonds. The summed E-state index contributed by atoms with van der Waals surface area (Å²) in [5.74, 6) is -1.17. The van der Waals surface area contributed by atoms with E-state index in [1.807, 2.05) is 6.92 Å². The number of benzene rings is 1. The van der Waals surface area contributed by atoms with Gasteiger partial charge in [0.05, 0.1) is 6.10 Å². The van der Waals surface area contributed by atoms with Gasteiger partial charge in [0.2, 0.25) is 0 Å². The van der Waals surface area contributed by atoms with E-state index in [0.29, 0.717) is 13.0 Å². The number of hydrogen-bond acceptors (Lipinski definition) is 3. The van der Waals surface area contributed by atoms with Crippen molar-refractivity contribution >= 4 is 11.7 Å². The maximum atomic E-state index is 12.9. The second-order valence-corrected chi connectivity index (χ2v) is 4.50. The predicted octanol–water partition coefficient (Wildman–Crippen LogP) is 2.18. The van der Waals surface area contributed by atoms with Gasteiger partial charge in [-0.05, 0) is 43.5 Å². The Labute approximate surface area is 105 Å². The molecule has 0 radical (unpaired) electrons. The SMILES string of the molecule is Cc1cc(F)ccc1NCC1CCC(C(=O)O)O1. The first-order chi connectivity index (χ1) is 8.56. The third-order valence-corrected chi connectivity index (χ3v) is 3.09. The number of carbonyl (C=O) groups is 1. The summed E-state index contributed by atoms with van der Waals surface area (Å²) >= 11 is 0. The fraction of sp³-hybridized carbons (Fsp3) is 0.462. The molecule has 0 spiro atoms. The van der Waals surface area contributed by atoms with E-state index in [9.17, 15) is 9.18 Å².